The van der Waals surface area contributed by atoms with Crippen LogP contribution in [0.1, 0.15) is 65.7 Å². The van der Waals surface area contributed by atoms with Gasteiger partial charge in [-0.25, -0.2) is 0 Å². The van der Waals surface area contributed by atoms with Crippen LogP contribution >= 0.6 is 0 Å². The summed E-state index contributed by atoms with van der Waals surface area (Å²) in [6.45, 7) is 6.34. The lowest BCUT2D eigenvalue weighted by Gasteiger charge is -2.11. The van der Waals surface area contributed by atoms with E-state index in [1.165, 1.54) is 6.42 Å². The molecule has 0 aromatic heterocycles. The predicted molar refractivity (Wildman–Crippen MR) is 68.1 cm³/mol. The van der Waals surface area contributed by atoms with Crippen molar-refractivity contribution in [1.29, 1.82) is 0 Å². The molecule has 0 spiro atoms. The standard InChI is InChI=1S/C14H26O2/c1-4-7-9-10-12-16-14(15)13(6-3)11-8-5-2/h10,12-13H,4-9,11H2,1-3H3. The van der Waals surface area contributed by atoms with E-state index in [-0.39, 0.29) is 11.9 Å². The molecule has 0 aliphatic heterocycles. The van der Waals surface area contributed by atoms with Gasteiger partial charge in [0.2, 0.25) is 0 Å². The monoisotopic (exact) mass is 226 g/mol. The minimum atomic E-state index is -0.0660. The number of esters is 1. The first-order chi connectivity index (χ1) is 7.76. The fourth-order valence-corrected chi connectivity index (χ4v) is 1.54. The lowest BCUT2D eigenvalue weighted by atomic mass is 10.00. The highest BCUT2D eigenvalue weighted by Gasteiger charge is 2.16. The van der Waals surface area contributed by atoms with E-state index in [9.17, 15) is 4.79 Å². The molecule has 1 unspecified atom stereocenters. The number of rotatable bonds is 9. The summed E-state index contributed by atoms with van der Waals surface area (Å²) in [6, 6.07) is 0. The molecule has 0 heterocycles. The molecule has 0 saturated carbocycles. The van der Waals surface area contributed by atoms with Gasteiger partial charge in [-0.15, -0.1) is 0 Å². The summed E-state index contributed by atoms with van der Waals surface area (Å²) in [5.41, 5.74) is 0. The molecular weight excluding hydrogens is 200 g/mol. The van der Waals surface area contributed by atoms with Gasteiger partial charge < -0.3 is 4.74 Å². The van der Waals surface area contributed by atoms with Crippen molar-refractivity contribution < 1.29 is 9.53 Å². The first kappa shape index (κ1) is 15.2. The Kier molecular flexibility index (Phi) is 10.2. The Labute approximate surface area is 100 Å². The second-order valence-electron chi connectivity index (χ2n) is 4.20. The highest BCUT2D eigenvalue weighted by atomic mass is 16.5. The highest BCUT2D eigenvalue weighted by molar-refractivity contribution is 5.72. The van der Waals surface area contributed by atoms with Crippen LogP contribution in [0.3, 0.4) is 0 Å². The SMILES string of the molecule is CCCCC=COC(=O)C(CC)CCCC. The van der Waals surface area contributed by atoms with Crippen molar-refractivity contribution >= 4 is 5.97 Å². The molecule has 0 aliphatic carbocycles. The van der Waals surface area contributed by atoms with Crippen LogP contribution in [0.4, 0.5) is 0 Å². The molecule has 0 bridgehead atoms. The van der Waals surface area contributed by atoms with Gasteiger partial charge in [-0.1, -0.05) is 40.0 Å². The highest BCUT2D eigenvalue weighted by Crippen LogP contribution is 2.14. The quantitative estimate of drug-likeness (QED) is 0.330. The molecule has 0 fully saturated rings. The Morgan fingerprint density at radius 2 is 1.88 bits per heavy atom. The van der Waals surface area contributed by atoms with Crippen molar-refractivity contribution in [3.63, 3.8) is 0 Å². The molecule has 1 atom stereocenters. The van der Waals surface area contributed by atoms with E-state index >= 15 is 0 Å². The topological polar surface area (TPSA) is 26.3 Å². The lowest BCUT2D eigenvalue weighted by molar-refractivity contribution is -0.143. The molecule has 0 saturated heterocycles. The maximum absolute atomic E-state index is 11.6. The Morgan fingerprint density at radius 3 is 2.44 bits per heavy atom. The molecule has 0 aromatic rings. The number of allylic oxidation sites excluding steroid dienone is 1. The molecular formula is C14H26O2. The van der Waals surface area contributed by atoms with Crippen LogP contribution < -0.4 is 0 Å². The lowest BCUT2D eigenvalue weighted by Crippen LogP contribution is -2.14. The Hall–Kier alpha value is -0.790. The number of carbonyl (C=O) groups excluding carboxylic acids is 1. The summed E-state index contributed by atoms with van der Waals surface area (Å²) >= 11 is 0. The van der Waals surface area contributed by atoms with Crippen LogP contribution in [-0.2, 0) is 9.53 Å². The second kappa shape index (κ2) is 10.7. The largest absolute Gasteiger partial charge is 0.435 e. The van der Waals surface area contributed by atoms with Gasteiger partial charge in [0, 0.05) is 0 Å². The third kappa shape index (κ3) is 7.49. The van der Waals surface area contributed by atoms with Gasteiger partial charge in [0.05, 0.1) is 12.2 Å². The minimum absolute atomic E-state index is 0.0660. The normalized spacial score (nSPS) is 12.9. The van der Waals surface area contributed by atoms with Crippen molar-refractivity contribution in [3.05, 3.63) is 12.3 Å². The first-order valence-electron chi connectivity index (χ1n) is 6.61. The van der Waals surface area contributed by atoms with Crippen LogP contribution in [-0.4, -0.2) is 5.97 Å². The molecule has 16 heavy (non-hydrogen) atoms. The van der Waals surface area contributed by atoms with Crippen LogP contribution in [0.25, 0.3) is 0 Å². The van der Waals surface area contributed by atoms with Crippen molar-refractivity contribution in [2.24, 2.45) is 5.92 Å². The molecule has 0 amide bonds. The maximum atomic E-state index is 11.6. The first-order valence-corrected chi connectivity index (χ1v) is 6.61. The fourth-order valence-electron chi connectivity index (χ4n) is 1.54. The minimum Gasteiger partial charge on any atom is -0.435 e. The van der Waals surface area contributed by atoms with Crippen molar-refractivity contribution in [2.45, 2.75) is 65.7 Å². The third-order valence-corrected chi connectivity index (χ3v) is 2.74. The Balaban J connectivity index is 3.78. The van der Waals surface area contributed by atoms with Crippen molar-refractivity contribution in [3.8, 4) is 0 Å². The molecule has 0 aromatic carbocycles. The molecule has 0 rings (SSSR count). The summed E-state index contributed by atoms with van der Waals surface area (Å²) in [5.74, 6) is 0.0134. The zero-order valence-electron chi connectivity index (χ0n) is 11.0. The zero-order chi connectivity index (χ0) is 12.2. The Bertz CT molecular complexity index is 197. The molecule has 0 aliphatic rings. The van der Waals surface area contributed by atoms with Crippen molar-refractivity contribution in [2.75, 3.05) is 0 Å². The van der Waals surface area contributed by atoms with Gasteiger partial charge in [0.25, 0.3) is 0 Å². The third-order valence-electron chi connectivity index (χ3n) is 2.74. The van der Waals surface area contributed by atoms with E-state index < -0.39 is 0 Å². The van der Waals surface area contributed by atoms with E-state index in [1.807, 2.05) is 13.0 Å². The number of hydrogen-bond donors (Lipinski definition) is 0. The van der Waals surface area contributed by atoms with Crippen LogP contribution in [0.5, 0.6) is 0 Å². The van der Waals surface area contributed by atoms with Gasteiger partial charge in [-0.05, 0) is 31.8 Å². The van der Waals surface area contributed by atoms with Gasteiger partial charge >= 0.3 is 5.97 Å². The molecule has 94 valence electrons. The number of ether oxygens (including phenoxy) is 1. The van der Waals surface area contributed by atoms with E-state index in [4.69, 9.17) is 4.74 Å². The molecule has 0 radical (unpaired) electrons. The van der Waals surface area contributed by atoms with Gasteiger partial charge in [0.1, 0.15) is 0 Å². The summed E-state index contributed by atoms with van der Waals surface area (Å²) in [6.07, 6.45) is 10.9. The predicted octanol–water partition coefficient (Wildman–Crippen LogP) is 4.45. The molecule has 2 heteroatoms. The average molecular weight is 226 g/mol. The Morgan fingerprint density at radius 1 is 1.19 bits per heavy atom. The van der Waals surface area contributed by atoms with Crippen LogP contribution in [0.2, 0.25) is 0 Å². The number of unbranched alkanes of at least 4 members (excludes halogenated alkanes) is 3. The van der Waals surface area contributed by atoms with Crippen LogP contribution in [0.15, 0.2) is 12.3 Å². The van der Waals surface area contributed by atoms with E-state index in [2.05, 4.69) is 13.8 Å². The van der Waals surface area contributed by atoms with Crippen LogP contribution in [0, 0.1) is 5.92 Å². The fraction of sp³-hybridized carbons (Fsp3) is 0.786. The molecule has 2 nitrogen and oxygen atoms in total. The van der Waals surface area contributed by atoms with Crippen molar-refractivity contribution in [1.82, 2.24) is 0 Å². The maximum Gasteiger partial charge on any atom is 0.313 e. The summed E-state index contributed by atoms with van der Waals surface area (Å²) < 4.78 is 5.12. The second-order valence-corrected chi connectivity index (χ2v) is 4.20. The van der Waals surface area contributed by atoms with E-state index in [0.717, 1.165) is 38.5 Å². The summed E-state index contributed by atoms with van der Waals surface area (Å²) in [5, 5.41) is 0. The van der Waals surface area contributed by atoms with Gasteiger partial charge in [0.15, 0.2) is 0 Å². The average Bonchev–Trinajstić information content (AvgIpc) is 2.30. The summed E-state index contributed by atoms with van der Waals surface area (Å²) in [4.78, 5) is 11.6. The number of hydrogen-bond acceptors (Lipinski definition) is 2. The van der Waals surface area contributed by atoms with Gasteiger partial charge in [-0.2, -0.15) is 0 Å². The molecule has 0 N–H and O–H groups in total. The zero-order valence-corrected chi connectivity index (χ0v) is 11.0. The summed E-state index contributed by atoms with van der Waals surface area (Å²) in [7, 11) is 0. The van der Waals surface area contributed by atoms with E-state index in [1.54, 1.807) is 6.26 Å². The van der Waals surface area contributed by atoms with Gasteiger partial charge in [-0.3, -0.25) is 4.79 Å². The number of carbonyl (C=O) groups is 1. The smallest absolute Gasteiger partial charge is 0.313 e. The van der Waals surface area contributed by atoms with E-state index in [0.29, 0.717) is 0 Å².